The first-order chi connectivity index (χ1) is 8.72. The number of thiocarbonyl (C=S) groups is 1. The van der Waals surface area contributed by atoms with Crippen molar-refractivity contribution in [3.8, 4) is 0 Å². The lowest BCUT2D eigenvalue weighted by atomic mass is 10.3. The number of nitrogens with one attached hydrogen (secondary N) is 1. The minimum absolute atomic E-state index is 0.312. The minimum Gasteiger partial charge on any atom is -0.388 e. The highest BCUT2D eigenvalue weighted by Crippen LogP contribution is 2.30. The lowest BCUT2D eigenvalue weighted by molar-refractivity contribution is 0.326. The number of rotatable bonds is 4. The van der Waals surface area contributed by atoms with E-state index in [9.17, 15) is 0 Å². The van der Waals surface area contributed by atoms with Crippen molar-refractivity contribution in [3.63, 3.8) is 0 Å². The van der Waals surface area contributed by atoms with E-state index in [4.69, 9.17) is 18.0 Å². The van der Waals surface area contributed by atoms with Crippen molar-refractivity contribution in [1.82, 2.24) is 14.9 Å². The van der Waals surface area contributed by atoms with Gasteiger partial charge in [0.15, 0.2) is 0 Å². The van der Waals surface area contributed by atoms with E-state index in [-0.39, 0.29) is 0 Å². The Morgan fingerprint density at radius 1 is 1.44 bits per heavy atom. The van der Waals surface area contributed by atoms with Gasteiger partial charge in [-0.1, -0.05) is 12.2 Å². The Hall–Kier alpha value is -1.27. The van der Waals surface area contributed by atoms with Crippen LogP contribution in [0.3, 0.4) is 0 Å². The Morgan fingerprint density at radius 3 is 3.00 bits per heavy atom. The molecule has 1 saturated carbocycles. The maximum atomic E-state index is 5.57. The largest absolute Gasteiger partial charge is 0.388 e. The van der Waals surface area contributed by atoms with Gasteiger partial charge in [-0.15, -0.1) is 0 Å². The number of nitrogens with zero attached hydrogens (tertiary/aromatic N) is 3. The van der Waals surface area contributed by atoms with Gasteiger partial charge < -0.3 is 11.1 Å². The van der Waals surface area contributed by atoms with E-state index in [1.807, 2.05) is 0 Å². The topological polar surface area (TPSA) is 67.1 Å². The van der Waals surface area contributed by atoms with Crippen LogP contribution in [-0.4, -0.2) is 45.0 Å². The molecular formula is C12H17N5S. The van der Waals surface area contributed by atoms with Crippen LogP contribution in [0.25, 0.3) is 0 Å². The third kappa shape index (κ3) is 2.59. The number of anilines is 1. The molecule has 0 radical (unpaired) electrons. The highest BCUT2D eigenvalue weighted by molar-refractivity contribution is 7.80. The van der Waals surface area contributed by atoms with Crippen LogP contribution in [0, 0.1) is 0 Å². The Bertz CT molecular complexity index is 460. The van der Waals surface area contributed by atoms with Crippen molar-refractivity contribution in [3.05, 3.63) is 18.0 Å². The summed E-state index contributed by atoms with van der Waals surface area (Å²) in [5, 5.41) is 3.37. The first kappa shape index (κ1) is 11.8. The zero-order valence-corrected chi connectivity index (χ0v) is 11.0. The van der Waals surface area contributed by atoms with E-state index < -0.39 is 0 Å². The van der Waals surface area contributed by atoms with Crippen molar-refractivity contribution in [2.24, 2.45) is 5.73 Å². The molecule has 1 aliphatic heterocycles. The molecule has 1 aromatic heterocycles. The number of hydrogen-bond donors (Lipinski definition) is 2. The second-order valence-corrected chi connectivity index (χ2v) is 5.43. The summed E-state index contributed by atoms with van der Waals surface area (Å²) in [6, 6.07) is 3.01. The van der Waals surface area contributed by atoms with Gasteiger partial charge in [-0.3, -0.25) is 4.90 Å². The molecule has 1 unspecified atom stereocenters. The van der Waals surface area contributed by atoms with Gasteiger partial charge in [-0.25, -0.2) is 9.97 Å². The molecule has 1 atom stereocenters. The Kier molecular flexibility index (Phi) is 3.13. The van der Waals surface area contributed by atoms with E-state index in [2.05, 4.69) is 20.2 Å². The third-order valence-electron chi connectivity index (χ3n) is 3.52. The summed E-state index contributed by atoms with van der Waals surface area (Å²) in [6.45, 7) is 2.27. The first-order valence-electron chi connectivity index (χ1n) is 6.36. The maximum Gasteiger partial charge on any atom is 0.223 e. The lowest BCUT2D eigenvalue weighted by Gasteiger charge is -2.15. The second kappa shape index (κ2) is 4.78. The zero-order chi connectivity index (χ0) is 12.5. The van der Waals surface area contributed by atoms with Crippen molar-refractivity contribution < 1.29 is 0 Å². The monoisotopic (exact) mass is 263 g/mol. The van der Waals surface area contributed by atoms with E-state index in [0.29, 0.717) is 22.7 Å². The summed E-state index contributed by atoms with van der Waals surface area (Å²) < 4.78 is 0. The van der Waals surface area contributed by atoms with Crippen LogP contribution in [0.1, 0.15) is 25.0 Å². The molecule has 2 heterocycles. The SMILES string of the molecule is NC(=S)c1ccnc(NC2CCN(C3CC3)C2)n1. The summed E-state index contributed by atoms with van der Waals surface area (Å²) >= 11 is 4.92. The lowest BCUT2D eigenvalue weighted by Crippen LogP contribution is -2.28. The number of likely N-dealkylation sites (tertiary alicyclic amines) is 1. The molecule has 2 fully saturated rings. The predicted octanol–water partition coefficient (Wildman–Crippen LogP) is 0.759. The molecule has 3 rings (SSSR count). The Labute approximate surface area is 112 Å². The van der Waals surface area contributed by atoms with Gasteiger partial charge in [0.25, 0.3) is 0 Å². The van der Waals surface area contributed by atoms with Gasteiger partial charge in [0.2, 0.25) is 5.95 Å². The molecule has 1 aliphatic carbocycles. The third-order valence-corrected chi connectivity index (χ3v) is 3.73. The average molecular weight is 263 g/mol. The quantitative estimate of drug-likeness (QED) is 0.782. The molecule has 3 N–H and O–H groups in total. The van der Waals surface area contributed by atoms with Crippen LogP contribution < -0.4 is 11.1 Å². The van der Waals surface area contributed by atoms with Crippen LogP contribution in [0.15, 0.2) is 12.3 Å². The molecule has 1 aromatic rings. The van der Waals surface area contributed by atoms with E-state index in [0.717, 1.165) is 19.0 Å². The number of nitrogens with two attached hydrogens (primary N) is 1. The summed E-state index contributed by atoms with van der Waals surface area (Å²) in [7, 11) is 0. The second-order valence-electron chi connectivity index (χ2n) is 4.99. The number of hydrogen-bond acceptors (Lipinski definition) is 5. The van der Waals surface area contributed by atoms with E-state index in [1.54, 1.807) is 12.3 Å². The van der Waals surface area contributed by atoms with Crippen molar-refractivity contribution >= 4 is 23.2 Å². The standard InChI is InChI=1S/C12H17N5S/c13-11(18)10-3-5-14-12(16-10)15-8-4-6-17(7-8)9-1-2-9/h3,5,8-9H,1-2,4,6-7H2,(H2,13,18)(H,14,15,16). The minimum atomic E-state index is 0.312. The molecule has 18 heavy (non-hydrogen) atoms. The molecule has 0 aromatic carbocycles. The fourth-order valence-electron chi connectivity index (χ4n) is 2.42. The molecule has 2 aliphatic rings. The molecule has 0 spiro atoms. The molecule has 6 heteroatoms. The number of aromatic nitrogens is 2. The summed E-state index contributed by atoms with van der Waals surface area (Å²) in [5.74, 6) is 0.628. The Morgan fingerprint density at radius 2 is 2.28 bits per heavy atom. The summed E-state index contributed by atoms with van der Waals surface area (Å²) in [4.78, 5) is 11.4. The van der Waals surface area contributed by atoms with Crippen molar-refractivity contribution in [2.75, 3.05) is 18.4 Å². The van der Waals surface area contributed by atoms with Crippen LogP contribution in [0.2, 0.25) is 0 Å². The smallest absolute Gasteiger partial charge is 0.223 e. The first-order valence-corrected chi connectivity index (χ1v) is 6.76. The maximum absolute atomic E-state index is 5.57. The normalized spacial score (nSPS) is 24.1. The zero-order valence-electron chi connectivity index (χ0n) is 10.2. The van der Waals surface area contributed by atoms with Gasteiger partial charge in [-0.05, 0) is 25.3 Å². The van der Waals surface area contributed by atoms with E-state index in [1.165, 1.54) is 19.4 Å². The Balaban J connectivity index is 1.62. The van der Waals surface area contributed by atoms with Crippen LogP contribution in [0.4, 0.5) is 5.95 Å². The fourth-order valence-corrected chi connectivity index (χ4v) is 2.54. The summed E-state index contributed by atoms with van der Waals surface area (Å²) in [6.07, 6.45) is 5.56. The van der Waals surface area contributed by atoms with E-state index >= 15 is 0 Å². The molecule has 96 valence electrons. The molecule has 5 nitrogen and oxygen atoms in total. The summed E-state index contributed by atoms with van der Waals surface area (Å²) in [5.41, 5.74) is 6.19. The van der Waals surface area contributed by atoms with Gasteiger partial charge >= 0.3 is 0 Å². The van der Waals surface area contributed by atoms with Crippen molar-refractivity contribution in [2.45, 2.75) is 31.3 Å². The highest BCUT2D eigenvalue weighted by Gasteiger charge is 2.34. The molecule has 0 bridgehead atoms. The average Bonchev–Trinajstić information content (AvgIpc) is 3.11. The van der Waals surface area contributed by atoms with Gasteiger partial charge in [0.05, 0.1) is 0 Å². The van der Waals surface area contributed by atoms with Crippen LogP contribution >= 0.6 is 12.2 Å². The molecule has 1 saturated heterocycles. The van der Waals surface area contributed by atoms with Crippen LogP contribution in [0.5, 0.6) is 0 Å². The predicted molar refractivity (Wildman–Crippen MR) is 74.5 cm³/mol. The highest BCUT2D eigenvalue weighted by atomic mass is 32.1. The fraction of sp³-hybridized carbons (Fsp3) is 0.583. The molecular weight excluding hydrogens is 246 g/mol. The van der Waals surface area contributed by atoms with Crippen LogP contribution in [-0.2, 0) is 0 Å². The van der Waals surface area contributed by atoms with Crippen molar-refractivity contribution in [1.29, 1.82) is 0 Å². The van der Waals surface area contributed by atoms with Gasteiger partial charge in [-0.2, -0.15) is 0 Å². The molecule has 0 amide bonds. The van der Waals surface area contributed by atoms with Gasteiger partial charge in [0.1, 0.15) is 10.7 Å². The van der Waals surface area contributed by atoms with Gasteiger partial charge in [0, 0.05) is 31.4 Å².